The average Bonchev–Trinajstić information content (AvgIpc) is 3.26. The van der Waals surface area contributed by atoms with Crippen molar-refractivity contribution in [3.63, 3.8) is 0 Å². The Labute approximate surface area is 175 Å². The molecule has 0 saturated carbocycles. The predicted octanol–water partition coefficient (Wildman–Crippen LogP) is 2.19. The first kappa shape index (κ1) is 22.4. The van der Waals surface area contributed by atoms with Crippen molar-refractivity contribution in [3.8, 4) is 0 Å². The first-order valence-electron chi connectivity index (χ1n) is 10.3. The summed E-state index contributed by atoms with van der Waals surface area (Å²) in [5.74, 6) is 0.570. The highest BCUT2D eigenvalue weighted by Gasteiger charge is 2.44. The number of benzene rings is 1. The lowest BCUT2D eigenvalue weighted by atomic mass is 10.0. The third-order valence-corrected chi connectivity index (χ3v) is 5.75. The molecule has 2 aliphatic heterocycles. The van der Waals surface area contributed by atoms with Crippen LogP contribution in [0.25, 0.3) is 0 Å². The van der Waals surface area contributed by atoms with Gasteiger partial charge in [-0.1, -0.05) is 53.6 Å². The molecule has 6 atom stereocenters. The van der Waals surface area contributed by atoms with Gasteiger partial charge in [-0.3, -0.25) is 4.67 Å². The number of alkyl carbamates (subject to hydrolysis) is 1. The molecule has 29 heavy (non-hydrogen) atoms. The highest BCUT2D eigenvalue weighted by Crippen LogP contribution is 2.33. The number of nitrogens with zero attached hydrogens (tertiary/aromatic N) is 1. The van der Waals surface area contributed by atoms with Gasteiger partial charge in [0.15, 0.2) is 6.29 Å². The van der Waals surface area contributed by atoms with Gasteiger partial charge in [0.25, 0.3) is 0 Å². The van der Waals surface area contributed by atoms with Gasteiger partial charge in [-0.15, -0.1) is 0 Å². The number of aliphatic hydroxyl groups excluding tert-OH is 1. The van der Waals surface area contributed by atoms with E-state index in [0.717, 1.165) is 18.5 Å². The van der Waals surface area contributed by atoms with Crippen LogP contribution < -0.4 is 5.32 Å². The number of rotatable bonds is 9. The first-order chi connectivity index (χ1) is 13.9. The van der Waals surface area contributed by atoms with E-state index in [2.05, 4.69) is 28.6 Å². The van der Waals surface area contributed by atoms with Gasteiger partial charge in [0.1, 0.15) is 6.10 Å². The van der Waals surface area contributed by atoms with Crippen LogP contribution in [0.1, 0.15) is 25.8 Å². The van der Waals surface area contributed by atoms with E-state index in [1.807, 2.05) is 35.0 Å². The summed E-state index contributed by atoms with van der Waals surface area (Å²) in [5.41, 5.74) is 1.05. The van der Waals surface area contributed by atoms with Crippen molar-refractivity contribution < 1.29 is 24.1 Å². The summed E-state index contributed by atoms with van der Waals surface area (Å²) >= 11 is 0. The van der Waals surface area contributed by atoms with E-state index in [4.69, 9.17) is 14.2 Å². The Kier molecular flexibility index (Phi) is 8.27. The Morgan fingerprint density at radius 2 is 2.07 bits per heavy atom. The Morgan fingerprint density at radius 3 is 2.79 bits per heavy atom. The number of hydrogen-bond acceptors (Lipinski definition) is 6. The molecule has 1 aromatic carbocycles. The van der Waals surface area contributed by atoms with Crippen LogP contribution in [0.3, 0.4) is 0 Å². The maximum absolute atomic E-state index is 12.6. The van der Waals surface area contributed by atoms with Crippen molar-refractivity contribution >= 4 is 15.5 Å². The predicted molar refractivity (Wildman–Crippen MR) is 113 cm³/mol. The Hall–Kier alpha value is -1.24. The number of carbonyl (C=O) groups is 1. The molecule has 0 bridgehead atoms. The second kappa shape index (κ2) is 10.7. The fraction of sp³-hybridized carbons (Fsp3) is 0.667. The second-order valence-corrected chi connectivity index (χ2v) is 9.05. The summed E-state index contributed by atoms with van der Waals surface area (Å²) < 4.78 is 18.7. The zero-order chi connectivity index (χ0) is 20.8. The van der Waals surface area contributed by atoms with Crippen molar-refractivity contribution in [2.45, 2.75) is 51.2 Å². The number of ether oxygens (including phenoxy) is 3. The van der Waals surface area contributed by atoms with Gasteiger partial charge >= 0.3 is 6.09 Å². The molecule has 2 aliphatic rings. The molecule has 0 aliphatic carbocycles. The van der Waals surface area contributed by atoms with E-state index in [0.29, 0.717) is 32.1 Å². The van der Waals surface area contributed by atoms with Crippen LogP contribution in [0.5, 0.6) is 0 Å². The monoisotopic (exact) mass is 424 g/mol. The van der Waals surface area contributed by atoms with Crippen molar-refractivity contribution in [2.75, 3.05) is 26.3 Å². The third-order valence-electron chi connectivity index (χ3n) is 5.33. The van der Waals surface area contributed by atoms with Crippen LogP contribution in [0.2, 0.25) is 0 Å². The van der Waals surface area contributed by atoms with Gasteiger partial charge in [0, 0.05) is 13.1 Å². The van der Waals surface area contributed by atoms with Gasteiger partial charge in [-0.05, 0) is 24.3 Å². The summed E-state index contributed by atoms with van der Waals surface area (Å²) in [4.78, 5) is 12.6. The Bertz CT molecular complexity index is 647. The summed E-state index contributed by atoms with van der Waals surface area (Å²) in [6.07, 6.45) is -0.480. The third kappa shape index (κ3) is 6.63. The van der Waals surface area contributed by atoms with E-state index in [9.17, 15) is 9.90 Å². The van der Waals surface area contributed by atoms with Crippen molar-refractivity contribution in [3.05, 3.63) is 35.9 Å². The molecule has 2 saturated heterocycles. The van der Waals surface area contributed by atoms with Crippen LogP contribution in [-0.2, 0) is 20.6 Å². The van der Waals surface area contributed by atoms with Gasteiger partial charge in [-0.2, -0.15) is 0 Å². The molecule has 0 aromatic heterocycles. The van der Waals surface area contributed by atoms with Gasteiger partial charge in [-0.25, -0.2) is 4.79 Å². The Morgan fingerprint density at radius 1 is 1.31 bits per heavy atom. The molecule has 7 nitrogen and oxygen atoms in total. The van der Waals surface area contributed by atoms with Gasteiger partial charge < -0.3 is 24.6 Å². The van der Waals surface area contributed by atoms with Crippen LogP contribution in [-0.4, -0.2) is 66.7 Å². The molecular weight excluding hydrogens is 391 g/mol. The topological polar surface area (TPSA) is 80.3 Å². The van der Waals surface area contributed by atoms with E-state index in [-0.39, 0.29) is 18.3 Å². The zero-order valence-corrected chi connectivity index (χ0v) is 18.4. The lowest BCUT2D eigenvalue weighted by Crippen LogP contribution is -2.49. The molecule has 3 rings (SSSR count). The summed E-state index contributed by atoms with van der Waals surface area (Å²) in [5, 5.41) is 13.7. The SMILES string of the molecule is CC(C)CN(P)C[C@@H](O)[C@H](Cc1ccccc1)NC(=O)O[C@@H]1CO[C@@H]2OCC[C@@H]21. The highest BCUT2D eigenvalue weighted by atomic mass is 31.0. The first-order valence-corrected chi connectivity index (χ1v) is 10.9. The van der Waals surface area contributed by atoms with Gasteiger partial charge in [0.05, 0.1) is 31.3 Å². The molecule has 2 N–H and O–H groups in total. The molecular formula is C21H33N2O5P. The number of nitrogens with one attached hydrogen (secondary N) is 1. The minimum Gasteiger partial charge on any atom is -0.443 e. The smallest absolute Gasteiger partial charge is 0.407 e. The van der Waals surface area contributed by atoms with E-state index in [1.165, 1.54) is 0 Å². The van der Waals surface area contributed by atoms with E-state index in [1.54, 1.807) is 0 Å². The number of fused-ring (bicyclic) bond motifs is 1. The normalized spacial score (nSPS) is 25.8. The van der Waals surface area contributed by atoms with E-state index >= 15 is 0 Å². The number of carbonyl (C=O) groups excluding carboxylic acids is 1. The number of amides is 1. The maximum Gasteiger partial charge on any atom is 0.407 e. The summed E-state index contributed by atoms with van der Waals surface area (Å²) in [6.45, 7) is 6.52. The zero-order valence-electron chi connectivity index (χ0n) is 17.2. The minimum absolute atomic E-state index is 0.0896. The molecule has 2 heterocycles. The maximum atomic E-state index is 12.6. The van der Waals surface area contributed by atoms with Crippen LogP contribution >= 0.6 is 9.39 Å². The summed E-state index contributed by atoms with van der Waals surface area (Å²) in [7, 11) is 2.66. The standard InChI is InChI=1S/C21H33N2O5P/c1-14(2)11-23(29)12-18(24)17(10-15-6-4-3-5-7-15)22-21(25)28-19-13-27-20-16(19)8-9-26-20/h3-7,14,16-20,24H,8-13,29H2,1-2H3,(H,22,25)/t16-,17+,18-,19-,20+/m1/s1. The fourth-order valence-corrected chi connectivity index (χ4v) is 4.57. The second-order valence-electron chi connectivity index (χ2n) is 8.32. The van der Waals surface area contributed by atoms with E-state index < -0.39 is 18.2 Å². The average molecular weight is 424 g/mol. The number of aliphatic hydroxyl groups is 1. The van der Waals surface area contributed by atoms with Crippen molar-refractivity contribution in [1.82, 2.24) is 9.99 Å². The molecule has 0 radical (unpaired) electrons. The minimum atomic E-state index is -0.735. The largest absolute Gasteiger partial charge is 0.443 e. The Balaban J connectivity index is 1.59. The fourth-order valence-electron chi connectivity index (χ4n) is 3.93. The van der Waals surface area contributed by atoms with Crippen LogP contribution in [0, 0.1) is 11.8 Å². The molecule has 1 aromatic rings. The van der Waals surface area contributed by atoms with Crippen molar-refractivity contribution in [2.24, 2.45) is 11.8 Å². The molecule has 1 unspecified atom stereocenters. The summed E-state index contributed by atoms with van der Waals surface area (Å²) in [6, 6.07) is 9.37. The molecule has 8 heteroatoms. The van der Waals surface area contributed by atoms with Crippen LogP contribution in [0.4, 0.5) is 4.79 Å². The molecule has 0 spiro atoms. The van der Waals surface area contributed by atoms with Gasteiger partial charge in [0.2, 0.25) is 0 Å². The van der Waals surface area contributed by atoms with Crippen molar-refractivity contribution in [1.29, 1.82) is 0 Å². The lowest BCUT2D eigenvalue weighted by Gasteiger charge is -2.29. The van der Waals surface area contributed by atoms with Crippen LogP contribution in [0.15, 0.2) is 30.3 Å². The highest BCUT2D eigenvalue weighted by molar-refractivity contribution is 7.13. The molecule has 2 fully saturated rings. The lowest BCUT2D eigenvalue weighted by molar-refractivity contribution is -0.0907. The molecule has 162 valence electrons. The molecule has 1 amide bonds. The number of hydrogen-bond donors (Lipinski definition) is 2. The quantitative estimate of drug-likeness (QED) is 0.592.